The van der Waals surface area contributed by atoms with Gasteiger partial charge >= 0.3 is 5.97 Å². The van der Waals surface area contributed by atoms with Crippen molar-refractivity contribution in [3.63, 3.8) is 0 Å². The Bertz CT molecular complexity index is 550. The molecule has 2 aromatic rings. The summed E-state index contributed by atoms with van der Waals surface area (Å²) >= 11 is 0. The number of nitrogens with one attached hydrogen (secondary N) is 1. The smallest absolute Gasteiger partial charge is 0.325 e. The van der Waals surface area contributed by atoms with Gasteiger partial charge in [-0.05, 0) is 19.5 Å². The van der Waals surface area contributed by atoms with Gasteiger partial charge in [0.1, 0.15) is 6.04 Å². The van der Waals surface area contributed by atoms with Crippen molar-refractivity contribution >= 4 is 16.9 Å². The van der Waals surface area contributed by atoms with Crippen LogP contribution in [-0.4, -0.2) is 34.9 Å². The Morgan fingerprint density at radius 2 is 2.21 bits per heavy atom. The van der Waals surface area contributed by atoms with Gasteiger partial charge < -0.3 is 10.1 Å². The van der Waals surface area contributed by atoms with Crippen molar-refractivity contribution in [2.24, 2.45) is 0 Å². The minimum atomic E-state index is -0.367. The number of likely N-dealkylation sites (N-methyl/N-ethyl adjacent to an activating group) is 1. The van der Waals surface area contributed by atoms with Crippen molar-refractivity contribution < 1.29 is 9.53 Å². The van der Waals surface area contributed by atoms with Gasteiger partial charge in [-0.25, -0.2) is 0 Å². The van der Waals surface area contributed by atoms with Gasteiger partial charge in [0.15, 0.2) is 0 Å². The van der Waals surface area contributed by atoms with Crippen LogP contribution < -0.4 is 5.32 Å². The second kappa shape index (κ2) is 6.33. The van der Waals surface area contributed by atoms with E-state index in [2.05, 4.69) is 10.4 Å². The van der Waals surface area contributed by atoms with Crippen molar-refractivity contribution in [1.82, 2.24) is 15.1 Å². The van der Waals surface area contributed by atoms with Crippen LogP contribution in [0.5, 0.6) is 0 Å². The van der Waals surface area contributed by atoms with Crippen LogP contribution in [-0.2, 0) is 16.1 Å². The van der Waals surface area contributed by atoms with Gasteiger partial charge in [0, 0.05) is 5.39 Å². The number of para-hydroxylation sites is 1. The largest absolute Gasteiger partial charge is 0.465 e. The van der Waals surface area contributed by atoms with Crippen LogP contribution in [0, 0.1) is 0 Å². The molecule has 0 saturated heterocycles. The van der Waals surface area contributed by atoms with E-state index in [9.17, 15) is 4.79 Å². The lowest BCUT2D eigenvalue weighted by Crippen LogP contribution is -2.41. The van der Waals surface area contributed by atoms with Crippen LogP contribution in [0.1, 0.15) is 13.8 Å². The molecule has 0 saturated carbocycles. The number of nitrogens with zero attached hydrogens (tertiary/aromatic N) is 2. The summed E-state index contributed by atoms with van der Waals surface area (Å²) in [7, 11) is 0. The molecule has 0 aliphatic heterocycles. The number of fused-ring (bicyclic) bond motifs is 1. The van der Waals surface area contributed by atoms with Gasteiger partial charge in [-0.15, -0.1) is 0 Å². The van der Waals surface area contributed by atoms with E-state index < -0.39 is 0 Å². The first-order valence-electron chi connectivity index (χ1n) is 6.56. The molecule has 1 atom stereocenters. The van der Waals surface area contributed by atoms with Gasteiger partial charge in [0.2, 0.25) is 0 Å². The Kier molecular flexibility index (Phi) is 4.52. The molecular weight excluding hydrogens is 242 g/mol. The van der Waals surface area contributed by atoms with Crippen LogP contribution in [0.2, 0.25) is 0 Å². The molecule has 0 amide bonds. The number of hydrogen-bond donors (Lipinski definition) is 1. The summed E-state index contributed by atoms with van der Waals surface area (Å²) in [4.78, 5) is 11.9. The standard InChI is InChI=1S/C14H19N3O2/c1-3-15-12(14(18)19-4-2)10-17-13-8-6-5-7-11(13)9-16-17/h5-9,12,15H,3-4,10H2,1-2H3. The Hall–Kier alpha value is -1.88. The Morgan fingerprint density at radius 1 is 1.42 bits per heavy atom. The van der Waals surface area contributed by atoms with Gasteiger partial charge in [0.05, 0.1) is 24.9 Å². The van der Waals surface area contributed by atoms with Crippen LogP contribution in [0.15, 0.2) is 30.5 Å². The molecule has 2 rings (SSSR count). The highest BCUT2D eigenvalue weighted by Gasteiger charge is 2.20. The summed E-state index contributed by atoms with van der Waals surface area (Å²) in [6.07, 6.45) is 1.81. The van der Waals surface area contributed by atoms with Gasteiger partial charge in [-0.3, -0.25) is 9.48 Å². The predicted octanol–water partition coefficient (Wildman–Crippen LogP) is 1.58. The molecule has 102 valence electrons. The predicted molar refractivity (Wildman–Crippen MR) is 73.8 cm³/mol. The van der Waals surface area contributed by atoms with E-state index in [4.69, 9.17) is 4.74 Å². The lowest BCUT2D eigenvalue weighted by Gasteiger charge is -2.16. The van der Waals surface area contributed by atoms with E-state index in [1.54, 1.807) is 0 Å². The molecule has 0 fully saturated rings. The molecule has 0 aliphatic rings. The summed E-state index contributed by atoms with van der Waals surface area (Å²) in [6, 6.07) is 7.57. The molecule has 19 heavy (non-hydrogen) atoms. The van der Waals surface area contributed by atoms with Crippen molar-refractivity contribution in [2.45, 2.75) is 26.4 Å². The normalized spacial score (nSPS) is 12.5. The number of ether oxygens (including phenoxy) is 1. The van der Waals surface area contributed by atoms with Crippen molar-refractivity contribution in [3.05, 3.63) is 30.5 Å². The van der Waals surface area contributed by atoms with Crippen LogP contribution in [0.4, 0.5) is 0 Å². The summed E-state index contributed by atoms with van der Waals surface area (Å²) in [5.41, 5.74) is 1.02. The maximum absolute atomic E-state index is 11.9. The van der Waals surface area contributed by atoms with Crippen molar-refractivity contribution in [1.29, 1.82) is 0 Å². The van der Waals surface area contributed by atoms with Crippen molar-refractivity contribution in [3.8, 4) is 0 Å². The minimum absolute atomic E-state index is 0.232. The fourth-order valence-electron chi connectivity index (χ4n) is 2.06. The third-order valence-electron chi connectivity index (χ3n) is 2.93. The number of benzene rings is 1. The summed E-state index contributed by atoms with van der Waals surface area (Å²) < 4.78 is 6.91. The van der Waals surface area contributed by atoms with Crippen LogP contribution in [0.25, 0.3) is 10.9 Å². The lowest BCUT2D eigenvalue weighted by atomic mass is 10.2. The second-order valence-corrected chi connectivity index (χ2v) is 4.25. The third-order valence-corrected chi connectivity index (χ3v) is 2.93. The van der Waals surface area contributed by atoms with E-state index in [0.29, 0.717) is 19.7 Å². The number of carbonyl (C=O) groups is 1. The summed E-state index contributed by atoms with van der Waals surface area (Å²) in [5.74, 6) is -0.232. The SMILES string of the molecule is CCNC(Cn1ncc2ccccc21)C(=O)OCC. The van der Waals surface area contributed by atoms with E-state index in [1.807, 2.05) is 49.0 Å². The molecule has 1 N–H and O–H groups in total. The first kappa shape index (κ1) is 13.5. The lowest BCUT2D eigenvalue weighted by molar-refractivity contribution is -0.146. The highest BCUT2D eigenvalue weighted by Crippen LogP contribution is 2.13. The zero-order chi connectivity index (χ0) is 13.7. The van der Waals surface area contributed by atoms with E-state index in [0.717, 1.165) is 10.9 Å². The molecule has 1 aromatic heterocycles. The van der Waals surface area contributed by atoms with Gasteiger partial charge in [0.25, 0.3) is 0 Å². The molecule has 1 heterocycles. The average Bonchev–Trinajstić information content (AvgIpc) is 2.82. The molecule has 1 aromatic carbocycles. The number of aromatic nitrogens is 2. The first-order chi connectivity index (χ1) is 9.26. The average molecular weight is 261 g/mol. The molecule has 0 bridgehead atoms. The van der Waals surface area contributed by atoms with Gasteiger partial charge in [-0.1, -0.05) is 25.1 Å². The monoisotopic (exact) mass is 261 g/mol. The number of hydrogen-bond acceptors (Lipinski definition) is 4. The number of carbonyl (C=O) groups excluding carboxylic acids is 1. The molecule has 0 spiro atoms. The molecule has 5 nitrogen and oxygen atoms in total. The third kappa shape index (κ3) is 3.12. The van der Waals surface area contributed by atoms with Crippen LogP contribution in [0.3, 0.4) is 0 Å². The highest BCUT2D eigenvalue weighted by atomic mass is 16.5. The quantitative estimate of drug-likeness (QED) is 0.802. The van der Waals surface area contributed by atoms with E-state index in [-0.39, 0.29) is 12.0 Å². The first-order valence-corrected chi connectivity index (χ1v) is 6.56. The molecule has 0 aliphatic carbocycles. The molecule has 0 radical (unpaired) electrons. The topological polar surface area (TPSA) is 56.2 Å². The highest BCUT2D eigenvalue weighted by molar-refractivity contribution is 5.79. The maximum Gasteiger partial charge on any atom is 0.325 e. The Balaban J connectivity index is 2.18. The summed E-state index contributed by atoms with van der Waals surface area (Å²) in [5, 5.41) is 8.53. The van der Waals surface area contributed by atoms with E-state index in [1.165, 1.54) is 0 Å². The second-order valence-electron chi connectivity index (χ2n) is 4.25. The fraction of sp³-hybridized carbons (Fsp3) is 0.429. The van der Waals surface area contributed by atoms with E-state index >= 15 is 0 Å². The van der Waals surface area contributed by atoms with Crippen LogP contribution >= 0.6 is 0 Å². The van der Waals surface area contributed by atoms with Crippen molar-refractivity contribution in [2.75, 3.05) is 13.2 Å². The Labute approximate surface area is 112 Å². The molecule has 1 unspecified atom stereocenters. The molecular formula is C14H19N3O2. The zero-order valence-corrected chi connectivity index (χ0v) is 11.3. The minimum Gasteiger partial charge on any atom is -0.465 e. The maximum atomic E-state index is 11.9. The summed E-state index contributed by atoms with van der Waals surface area (Å²) in [6.45, 7) is 5.35. The number of esters is 1. The number of rotatable bonds is 6. The van der Waals surface area contributed by atoms with Gasteiger partial charge in [-0.2, -0.15) is 5.10 Å². The Morgan fingerprint density at radius 3 is 2.95 bits per heavy atom. The fourth-order valence-corrected chi connectivity index (χ4v) is 2.06. The zero-order valence-electron chi connectivity index (χ0n) is 11.3. The molecule has 5 heteroatoms.